The highest BCUT2D eigenvalue weighted by Crippen LogP contribution is 2.26. The predicted octanol–water partition coefficient (Wildman–Crippen LogP) is 1.47. The smallest absolute Gasteiger partial charge is 0.293 e. The molecule has 1 aliphatic heterocycles. The molecular formula is C14H22N4O3. The minimum atomic E-state index is -0.427. The fourth-order valence-electron chi connectivity index (χ4n) is 2.92. The Morgan fingerprint density at radius 2 is 2.33 bits per heavy atom. The van der Waals surface area contributed by atoms with Gasteiger partial charge < -0.3 is 10.5 Å². The van der Waals surface area contributed by atoms with Crippen LogP contribution in [0.3, 0.4) is 0 Å². The van der Waals surface area contributed by atoms with Crippen LogP contribution in [0.2, 0.25) is 0 Å². The Hall–Kier alpha value is -1.70. The van der Waals surface area contributed by atoms with E-state index in [0.29, 0.717) is 18.2 Å². The molecule has 0 bridgehead atoms. The first kappa shape index (κ1) is 15.7. The second-order valence-electron chi connectivity index (χ2n) is 5.51. The number of aliphatic hydroxyl groups is 1. The molecule has 2 rings (SSSR count). The summed E-state index contributed by atoms with van der Waals surface area (Å²) in [6, 6.07) is 5.07. The number of nitro groups is 1. The van der Waals surface area contributed by atoms with Crippen molar-refractivity contribution in [2.45, 2.75) is 25.8 Å². The van der Waals surface area contributed by atoms with E-state index in [-0.39, 0.29) is 12.3 Å². The van der Waals surface area contributed by atoms with E-state index in [1.54, 1.807) is 12.1 Å². The van der Waals surface area contributed by atoms with Crippen LogP contribution in [0.25, 0.3) is 0 Å². The van der Waals surface area contributed by atoms with Crippen LogP contribution in [-0.4, -0.2) is 34.6 Å². The van der Waals surface area contributed by atoms with Crippen molar-refractivity contribution in [3.05, 3.63) is 33.9 Å². The highest BCUT2D eigenvalue weighted by molar-refractivity contribution is 5.61. The summed E-state index contributed by atoms with van der Waals surface area (Å²) in [5.74, 6) is 5.80. The molecule has 0 aliphatic carbocycles. The van der Waals surface area contributed by atoms with Gasteiger partial charge in [-0.25, -0.2) is 0 Å². The van der Waals surface area contributed by atoms with E-state index in [0.717, 1.165) is 37.9 Å². The van der Waals surface area contributed by atoms with Crippen LogP contribution in [-0.2, 0) is 6.54 Å². The number of hydrazine groups is 1. The Labute approximate surface area is 123 Å². The normalized spacial score (nSPS) is 19.4. The van der Waals surface area contributed by atoms with Gasteiger partial charge in [-0.05, 0) is 43.4 Å². The molecule has 7 nitrogen and oxygen atoms in total. The van der Waals surface area contributed by atoms with Crippen LogP contribution in [0.1, 0.15) is 24.8 Å². The highest BCUT2D eigenvalue weighted by atomic mass is 16.6. The molecule has 1 aliphatic rings. The fourth-order valence-corrected chi connectivity index (χ4v) is 2.92. The van der Waals surface area contributed by atoms with E-state index >= 15 is 0 Å². The average Bonchev–Trinajstić information content (AvgIpc) is 2.48. The lowest BCUT2D eigenvalue weighted by Crippen LogP contribution is -2.35. The van der Waals surface area contributed by atoms with Gasteiger partial charge in [-0.3, -0.25) is 20.9 Å². The zero-order valence-corrected chi connectivity index (χ0v) is 12.0. The van der Waals surface area contributed by atoms with Crippen molar-refractivity contribution >= 4 is 11.4 Å². The number of nitrogen functional groups attached to an aromatic ring is 1. The predicted molar refractivity (Wildman–Crippen MR) is 80.6 cm³/mol. The number of nitrogens with zero attached hydrogens (tertiary/aromatic N) is 2. The zero-order chi connectivity index (χ0) is 15.2. The number of likely N-dealkylation sites (tertiary alicyclic amines) is 1. The third-order valence-electron chi connectivity index (χ3n) is 3.96. The summed E-state index contributed by atoms with van der Waals surface area (Å²) in [6.07, 6.45) is 3.08. The first-order valence-corrected chi connectivity index (χ1v) is 7.21. The van der Waals surface area contributed by atoms with Gasteiger partial charge in [0.15, 0.2) is 0 Å². The van der Waals surface area contributed by atoms with Gasteiger partial charge >= 0.3 is 0 Å². The molecule has 1 fully saturated rings. The number of piperidine rings is 1. The molecule has 0 amide bonds. The molecule has 1 heterocycles. The molecule has 1 aromatic carbocycles. The highest BCUT2D eigenvalue weighted by Gasteiger charge is 2.21. The Morgan fingerprint density at radius 1 is 1.52 bits per heavy atom. The summed E-state index contributed by atoms with van der Waals surface area (Å²) in [4.78, 5) is 12.9. The van der Waals surface area contributed by atoms with E-state index < -0.39 is 4.92 Å². The van der Waals surface area contributed by atoms with Crippen molar-refractivity contribution in [1.82, 2.24) is 4.90 Å². The number of benzene rings is 1. The maximum absolute atomic E-state index is 11.0. The molecule has 0 saturated carbocycles. The third-order valence-corrected chi connectivity index (χ3v) is 3.96. The van der Waals surface area contributed by atoms with Gasteiger partial charge in [0.05, 0.1) is 4.92 Å². The number of rotatable bonds is 6. The largest absolute Gasteiger partial charge is 0.396 e. The number of aliphatic hydroxyl groups excluding tert-OH is 1. The second-order valence-corrected chi connectivity index (χ2v) is 5.51. The molecule has 116 valence electrons. The van der Waals surface area contributed by atoms with Crippen molar-refractivity contribution < 1.29 is 10.0 Å². The maximum Gasteiger partial charge on any atom is 0.293 e. The quantitative estimate of drug-likeness (QED) is 0.417. The number of hydrogen-bond donors (Lipinski definition) is 3. The fraction of sp³-hybridized carbons (Fsp3) is 0.571. The Balaban J connectivity index is 2.05. The molecule has 4 N–H and O–H groups in total. The SMILES string of the molecule is NNc1ccc(CN2CCCC(CCO)C2)cc1[N+](=O)[O-]. The summed E-state index contributed by atoms with van der Waals surface area (Å²) < 4.78 is 0. The van der Waals surface area contributed by atoms with E-state index in [2.05, 4.69) is 10.3 Å². The van der Waals surface area contributed by atoms with Gasteiger partial charge in [0.2, 0.25) is 0 Å². The Morgan fingerprint density at radius 3 is 3.00 bits per heavy atom. The second kappa shape index (κ2) is 7.35. The Kier molecular flexibility index (Phi) is 5.49. The lowest BCUT2D eigenvalue weighted by Gasteiger charge is -2.32. The average molecular weight is 294 g/mol. The molecule has 1 unspecified atom stereocenters. The topological polar surface area (TPSA) is 105 Å². The zero-order valence-electron chi connectivity index (χ0n) is 12.0. The molecule has 0 aromatic heterocycles. The van der Waals surface area contributed by atoms with E-state index in [4.69, 9.17) is 10.9 Å². The molecule has 7 heteroatoms. The molecule has 0 spiro atoms. The van der Waals surface area contributed by atoms with Gasteiger partial charge in [0, 0.05) is 25.8 Å². The standard InChI is InChI=1S/C14H22N4O3/c15-16-13-4-3-12(8-14(13)18(20)21)10-17-6-1-2-11(9-17)5-7-19/h3-4,8,11,16,19H,1-2,5-7,9-10,15H2. The van der Waals surface area contributed by atoms with Gasteiger partial charge in [0.1, 0.15) is 5.69 Å². The number of hydrogen-bond acceptors (Lipinski definition) is 6. The number of nitrogens with two attached hydrogens (primary N) is 1. The van der Waals surface area contributed by atoms with Crippen molar-refractivity contribution in [2.75, 3.05) is 25.1 Å². The lowest BCUT2D eigenvalue weighted by molar-refractivity contribution is -0.384. The molecule has 21 heavy (non-hydrogen) atoms. The van der Waals surface area contributed by atoms with Crippen LogP contribution in [0.15, 0.2) is 18.2 Å². The first-order valence-electron chi connectivity index (χ1n) is 7.21. The summed E-state index contributed by atoms with van der Waals surface area (Å²) in [7, 11) is 0. The van der Waals surface area contributed by atoms with Gasteiger partial charge in [0.25, 0.3) is 5.69 Å². The molecule has 1 aromatic rings. The van der Waals surface area contributed by atoms with Crippen molar-refractivity contribution in [3.8, 4) is 0 Å². The molecular weight excluding hydrogens is 272 g/mol. The minimum absolute atomic E-state index is 0.00100. The monoisotopic (exact) mass is 294 g/mol. The van der Waals surface area contributed by atoms with E-state index in [1.165, 1.54) is 0 Å². The Bertz CT molecular complexity index is 493. The van der Waals surface area contributed by atoms with Crippen LogP contribution < -0.4 is 11.3 Å². The van der Waals surface area contributed by atoms with Crippen molar-refractivity contribution in [1.29, 1.82) is 0 Å². The first-order chi connectivity index (χ1) is 10.1. The molecule has 1 saturated heterocycles. The van der Waals surface area contributed by atoms with Gasteiger partial charge in [-0.1, -0.05) is 6.07 Å². The number of nitro benzene ring substituents is 1. The number of nitrogens with one attached hydrogen (secondary N) is 1. The number of anilines is 1. The van der Waals surface area contributed by atoms with Crippen LogP contribution >= 0.6 is 0 Å². The van der Waals surface area contributed by atoms with Crippen LogP contribution in [0.4, 0.5) is 11.4 Å². The summed E-state index contributed by atoms with van der Waals surface area (Å²) in [5, 5.41) is 20.1. The van der Waals surface area contributed by atoms with Crippen LogP contribution in [0.5, 0.6) is 0 Å². The van der Waals surface area contributed by atoms with Crippen molar-refractivity contribution in [2.24, 2.45) is 11.8 Å². The third kappa shape index (κ3) is 4.13. The van der Waals surface area contributed by atoms with Gasteiger partial charge in [-0.15, -0.1) is 0 Å². The summed E-state index contributed by atoms with van der Waals surface area (Å²) >= 11 is 0. The maximum atomic E-state index is 11.0. The van der Waals surface area contributed by atoms with Crippen molar-refractivity contribution in [3.63, 3.8) is 0 Å². The molecule has 1 atom stereocenters. The van der Waals surface area contributed by atoms with E-state index in [1.807, 2.05) is 6.07 Å². The molecule has 0 radical (unpaired) electrons. The summed E-state index contributed by atoms with van der Waals surface area (Å²) in [6.45, 7) is 2.84. The van der Waals surface area contributed by atoms with E-state index in [9.17, 15) is 10.1 Å². The van der Waals surface area contributed by atoms with Gasteiger partial charge in [-0.2, -0.15) is 0 Å². The van der Waals surface area contributed by atoms with Crippen LogP contribution in [0, 0.1) is 16.0 Å². The summed E-state index contributed by atoms with van der Waals surface area (Å²) in [5.41, 5.74) is 3.58. The minimum Gasteiger partial charge on any atom is -0.396 e. The lowest BCUT2D eigenvalue weighted by atomic mass is 9.95.